The number of nitrogens with zero attached hydrogens (tertiary/aromatic N) is 4. The molecule has 1 N–H and O–H groups in total. The summed E-state index contributed by atoms with van der Waals surface area (Å²) in [5, 5.41) is 4.12. The number of esters is 1. The number of rotatable bonds is 4. The van der Waals surface area contributed by atoms with Gasteiger partial charge in [0.2, 0.25) is 0 Å². The van der Waals surface area contributed by atoms with Gasteiger partial charge in [-0.25, -0.2) is 9.79 Å². The van der Waals surface area contributed by atoms with Gasteiger partial charge in [-0.1, -0.05) is 29.3 Å². The number of halogens is 2. The van der Waals surface area contributed by atoms with Crippen molar-refractivity contribution in [1.29, 1.82) is 0 Å². The highest BCUT2D eigenvalue weighted by Gasteiger charge is 2.51. The van der Waals surface area contributed by atoms with Crippen molar-refractivity contribution in [2.45, 2.75) is 44.1 Å². The van der Waals surface area contributed by atoms with Crippen LogP contribution in [0.5, 0.6) is 0 Å². The molecule has 0 spiro atoms. The van der Waals surface area contributed by atoms with Crippen molar-refractivity contribution < 1.29 is 19.1 Å². The van der Waals surface area contributed by atoms with E-state index < -0.39 is 18.2 Å². The van der Waals surface area contributed by atoms with E-state index in [2.05, 4.69) is 10.3 Å². The minimum Gasteiger partial charge on any atom is -0.469 e. The smallest absolute Gasteiger partial charge is 0.328 e. The second-order valence-corrected chi connectivity index (χ2v) is 9.18. The topological polar surface area (TPSA) is 94.5 Å². The number of likely N-dealkylation sites (N-methyl/N-ethyl adjacent to an activating group) is 2. The Hall–Kier alpha value is -2.52. The van der Waals surface area contributed by atoms with E-state index in [1.165, 1.54) is 16.9 Å². The van der Waals surface area contributed by atoms with Crippen molar-refractivity contribution in [2.24, 2.45) is 10.9 Å². The van der Waals surface area contributed by atoms with Crippen LogP contribution in [0.25, 0.3) is 0 Å². The first-order chi connectivity index (χ1) is 15.2. The number of amides is 3. The molecule has 3 aliphatic rings. The molecule has 0 aromatic heterocycles. The van der Waals surface area contributed by atoms with Crippen LogP contribution in [0.2, 0.25) is 10.0 Å². The third kappa shape index (κ3) is 3.99. The minimum atomic E-state index is -0.638. The van der Waals surface area contributed by atoms with Gasteiger partial charge in [-0.15, -0.1) is 0 Å². The third-order valence-electron chi connectivity index (χ3n) is 6.36. The second kappa shape index (κ2) is 8.78. The molecule has 2 fully saturated rings. The maximum absolute atomic E-state index is 13.3. The average Bonchev–Trinajstić information content (AvgIpc) is 3.37. The molecule has 32 heavy (non-hydrogen) atoms. The van der Waals surface area contributed by atoms with Crippen LogP contribution < -0.4 is 5.32 Å². The molecule has 3 amide bonds. The van der Waals surface area contributed by atoms with Gasteiger partial charge in [0.25, 0.3) is 5.91 Å². The summed E-state index contributed by atoms with van der Waals surface area (Å²) >= 11 is 12.1. The minimum absolute atomic E-state index is 0.0453. The Morgan fingerprint density at radius 1 is 1.19 bits per heavy atom. The van der Waals surface area contributed by atoms with Gasteiger partial charge >= 0.3 is 12.0 Å². The van der Waals surface area contributed by atoms with Crippen LogP contribution in [-0.4, -0.2) is 78.0 Å². The van der Waals surface area contributed by atoms with Crippen LogP contribution in [0, 0.1) is 5.92 Å². The summed E-state index contributed by atoms with van der Waals surface area (Å²) in [7, 11) is 4.81. The van der Waals surface area contributed by atoms with E-state index in [0.29, 0.717) is 28.0 Å². The number of aliphatic imine (C=N–C) groups is 1. The molecule has 1 aliphatic carbocycles. The molecule has 2 aliphatic heterocycles. The SMILES string of the molecule is COC(=O)C1CCC(NC2=NC3C(C(=O)N(Cc4ccc(Cl)c(Cl)c4)C(=O)N3C)N2C)C1. The molecule has 2 heterocycles. The van der Waals surface area contributed by atoms with Gasteiger partial charge < -0.3 is 19.9 Å². The van der Waals surface area contributed by atoms with Crippen molar-refractivity contribution in [3.63, 3.8) is 0 Å². The summed E-state index contributed by atoms with van der Waals surface area (Å²) in [6.07, 6.45) is 1.56. The third-order valence-corrected chi connectivity index (χ3v) is 7.10. The lowest BCUT2D eigenvalue weighted by atomic mass is 10.1. The van der Waals surface area contributed by atoms with Crippen molar-refractivity contribution >= 4 is 47.1 Å². The molecule has 1 aromatic carbocycles. The molecular formula is C21H25Cl2N5O4. The van der Waals surface area contributed by atoms with Gasteiger partial charge in [0, 0.05) is 20.1 Å². The Morgan fingerprint density at radius 3 is 2.62 bits per heavy atom. The number of carbonyl (C=O) groups excluding carboxylic acids is 3. The summed E-state index contributed by atoms with van der Waals surface area (Å²) in [6.45, 7) is 0.0855. The van der Waals surface area contributed by atoms with Crippen molar-refractivity contribution in [1.82, 2.24) is 20.0 Å². The lowest BCUT2D eigenvalue weighted by Crippen LogP contribution is -2.64. The standard InChI is InChI=1S/C21H25Cl2N5O4/c1-26-16-17(25-20(26)24-13-6-5-12(9-13)19(30)32-3)27(2)21(31)28(18(16)29)10-11-4-7-14(22)15(23)8-11/h4,7-8,12-13,16-17H,5-6,9-10H2,1-3H3,(H,24,25). The molecule has 0 bridgehead atoms. The second-order valence-electron chi connectivity index (χ2n) is 8.36. The number of carbonyl (C=O) groups is 3. The van der Waals surface area contributed by atoms with Gasteiger partial charge in [0.15, 0.2) is 18.2 Å². The van der Waals surface area contributed by atoms with Crippen LogP contribution in [0.3, 0.4) is 0 Å². The number of guanidine groups is 1. The zero-order valence-electron chi connectivity index (χ0n) is 18.0. The van der Waals surface area contributed by atoms with E-state index in [4.69, 9.17) is 27.9 Å². The fourth-order valence-corrected chi connectivity index (χ4v) is 4.87. The fraction of sp³-hybridized carbons (Fsp3) is 0.524. The zero-order valence-corrected chi connectivity index (χ0v) is 19.6. The number of fused-ring (bicyclic) bond motifs is 1. The van der Waals surface area contributed by atoms with E-state index in [-0.39, 0.29) is 30.4 Å². The molecule has 1 saturated carbocycles. The van der Waals surface area contributed by atoms with E-state index in [0.717, 1.165) is 12.8 Å². The Labute approximate surface area is 196 Å². The largest absolute Gasteiger partial charge is 0.469 e. The molecule has 0 radical (unpaired) electrons. The Balaban J connectivity index is 1.48. The molecule has 4 atom stereocenters. The van der Waals surface area contributed by atoms with Gasteiger partial charge in [-0.05, 0) is 37.0 Å². The number of hydrogen-bond acceptors (Lipinski definition) is 7. The van der Waals surface area contributed by atoms with Crippen LogP contribution in [0.4, 0.5) is 4.79 Å². The van der Waals surface area contributed by atoms with Crippen LogP contribution in [0.1, 0.15) is 24.8 Å². The first kappa shape index (κ1) is 22.7. The van der Waals surface area contributed by atoms with Crippen LogP contribution >= 0.6 is 23.2 Å². The molecule has 4 unspecified atom stereocenters. The zero-order chi connectivity index (χ0) is 23.2. The number of hydrogen-bond donors (Lipinski definition) is 1. The monoisotopic (exact) mass is 481 g/mol. The van der Waals surface area contributed by atoms with Crippen LogP contribution in [0.15, 0.2) is 23.2 Å². The van der Waals surface area contributed by atoms with Gasteiger partial charge in [0.05, 0.1) is 29.6 Å². The Morgan fingerprint density at radius 2 is 1.94 bits per heavy atom. The molecule has 172 valence electrons. The van der Waals surface area contributed by atoms with E-state index >= 15 is 0 Å². The molecule has 11 heteroatoms. The van der Waals surface area contributed by atoms with Gasteiger partial charge in [-0.2, -0.15) is 0 Å². The normalized spacial score (nSPS) is 27.5. The van der Waals surface area contributed by atoms with E-state index in [1.807, 2.05) is 0 Å². The summed E-state index contributed by atoms with van der Waals surface area (Å²) in [5.41, 5.74) is 0.702. The quantitative estimate of drug-likeness (QED) is 0.663. The predicted molar refractivity (Wildman–Crippen MR) is 119 cm³/mol. The first-order valence-electron chi connectivity index (χ1n) is 10.4. The average molecular weight is 482 g/mol. The molecule has 1 aromatic rings. The number of methoxy groups -OCH3 is 1. The van der Waals surface area contributed by atoms with Crippen LogP contribution in [-0.2, 0) is 20.9 Å². The highest BCUT2D eigenvalue weighted by Crippen LogP contribution is 2.31. The van der Waals surface area contributed by atoms with Gasteiger partial charge in [-0.3, -0.25) is 14.5 Å². The molecular weight excluding hydrogens is 457 g/mol. The maximum Gasteiger partial charge on any atom is 0.328 e. The first-order valence-corrected chi connectivity index (χ1v) is 11.1. The molecule has 9 nitrogen and oxygen atoms in total. The Kier molecular flexibility index (Phi) is 6.22. The Bertz CT molecular complexity index is 987. The summed E-state index contributed by atoms with van der Waals surface area (Å²) < 4.78 is 4.85. The highest BCUT2D eigenvalue weighted by atomic mass is 35.5. The lowest BCUT2D eigenvalue weighted by molar-refractivity contribution is -0.145. The highest BCUT2D eigenvalue weighted by molar-refractivity contribution is 6.42. The predicted octanol–water partition coefficient (Wildman–Crippen LogP) is 2.31. The van der Waals surface area contributed by atoms with Crippen molar-refractivity contribution in [3.8, 4) is 0 Å². The van der Waals surface area contributed by atoms with E-state index in [1.54, 1.807) is 37.2 Å². The van der Waals surface area contributed by atoms with Gasteiger partial charge in [0.1, 0.15) is 0 Å². The number of benzene rings is 1. The number of imide groups is 1. The maximum atomic E-state index is 13.3. The summed E-state index contributed by atoms with van der Waals surface area (Å²) in [5.74, 6) is -0.131. The number of nitrogens with one attached hydrogen (secondary N) is 1. The number of urea groups is 1. The van der Waals surface area contributed by atoms with Crippen molar-refractivity contribution in [2.75, 3.05) is 21.2 Å². The number of ether oxygens (including phenoxy) is 1. The van der Waals surface area contributed by atoms with Crippen molar-refractivity contribution in [3.05, 3.63) is 33.8 Å². The summed E-state index contributed by atoms with van der Waals surface area (Å²) in [6, 6.07) is 4.01. The summed E-state index contributed by atoms with van der Waals surface area (Å²) in [4.78, 5) is 47.2. The molecule has 1 saturated heterocycles. The lowest BCUT2D eigenvalue weighted by Gasteiger charge is -2.40. The van der Waals surface area contributed by atoms with E-state index in [9.17, 15) is 14.4 Å². The fourth-order valence-electron chi connectivity index (χ4n) is 4.55. The molecule has 4 rings (SSSR count).